The SMILES string of the molecule is COCC1CCN(c2ncccc2CBr)C1. The van der Waals surface area contributed by atoms with Crippen LogP contribution in [-0.2, 0) is 10.1 Å². The van der Waals surface area contributed by atoms with Gasteiger partial charge in [-0.1, -0.05) is 22.0 Å². The first-order chi connectivity index (χ1) is 7.85. The van der Waals surface area contributed by atoms with Crippen LogP contribution in [0.4, 0.5) is 5.82 Å². The summed E-state index contributed by atoms with van der Waals surface area (Å²) in [4.78, 5) is 6.84. The van der Waals surface area contributed by atoms with Crippen molar-refractivity contribution in [3.05, 3.63) is 23.9 Å². The highest BCUT2D eigenvalue weighted by Crippen LogP contribution is 2.26. The summed E-state index contributed by atoms with van der Waals surface area (Å²) in [5.41, 5.74) is 1.26. The van der Waals surface area contributed by atoms with Gasteiger partial charge in [0.2, 0.25) is 0 Å². The van der Waals surface area contributed by atoms with E-state index >= 15 is 0 Å². The number of rotatable bonds is 4. The first-order valence-corrected chi connectivity index (χ1v) is 6.71. The Bertz CT molecular complexity index is 346. The van der Waals surface area contributed by atoms with Gasteiger partial charge in [0.15, 0.2) is 0 Å². The van der Waals surface area contributed by atoms with Crippen LogP contribution in [0.1, 0.15) is 12.0 Å². The first-order valence-electron chi connectivity index (χ1n) is 5.59. The Kier molecular flexibility index (Phi) is 4.18. The molecule has 16 heavy (non-hydrogen) atoms. The van der Waals surface area contributed by atoms with Crippen molar-refractivity contribution < 1.29 is 4.74 Å². The van der Waals surface area contributed by atoms with Crippen LogP contribution in [-0.4, -0.2) is 31.8 Å². The number of ether oxygens (including phenoxy) is 1. The van der Waals surface area contributed by atoms with Crippen molar-refractivity contribution in [1.82, 2.24) is 4.98 Å². The highest BCUT2D eigenvalue weighted by atomic mass is 79.9. The summed E-state index contributed by atoms with van der Waals surface area (Å²) in [7, 11) is 1.77. The molecule has 1 unspecified atom stereocenters. The zero-order chi connectivity index (χ0) is 11.4. The second kappa shape index (κ2) is 5.64. The molecule has 3 nitrogen and oxygen atoms in total. The molecule has 1 aromatic heterocycles. The molecule has 0 N–H and O–H groups in total. The third kappa shape index (κ3) is 2.55. The van der Waals surface area contributed by atoms with Gasteiger partial charge in [-0.05, 0) is 12.5 Å². The van der Waals surface area contributed by atoms with E-state index in [4.69, 9.17) is 4.74 Å². The monoisotopic (exact) mass is 284 g/mol. The molecule has 1 aromatic rings. The lowest BCUT2D eigenvalue weighted by Crippen LogP contribution is -2.23. The summed E-state index contributed by atoms with van der Waals surface area (Å²) >= 11 is 3.51. The Balaban J connectivity index is 2.08. The minimum Gasteiger partial charge on any atom is -0.384 e. The number of anilines is 1. The van der Waals surface area contributed by atoms with Crippen LogP contribution in [0, 0.1) is 5.92 Å². The van der Waals surface area contributed by atoms with Crippen molar-refractivity contribution in [2.45, 2.75) is 11.8 Å². The average molecular weight is 285 g/mol. The Labute approximate surface area is 105 Å². The molecule has 0 aromatic carbocycles. The number of alkyl halides is 1. The zero-order valence-corrected chi connectivity index (χ0v) is 11.1. The fraction of sp³-hybridized carbons (Fsp3) is 0.583. The largest absolute Gasteiger partial charge is 0.384 e. The van der Waals surface area contributed by atoms with Gasteiger partial charge in [-0.25, -0.2) is 4.98 Å². The number of hydrogen-bond acceptors (Lipinski definition) is 3. The lowest BCUT2D eigenvalue weighted by Gasteiger charge is -2.19. The third-order valence-electron chi connectivity index (χ3n) is 3.00. The second-order valence-electron chi connectivity index (χ2n) is 4.18. The molecule has 1 aliphatic rings. The molecule has 1 aliphatic heterocycles. The summed E-state index contributed by atoms with van der Waals surface area (Å²) in [6.07, 6.45) is 3.07. The van der Waals surface area contributed by atoms with Crippen molar-refractivity contribution in [2.75, 3.05) is 31.7 Å². The van der Waals surface area contributed by atoms with Crippen LogP contribution in [0.3, 0.4) is 0 Å². The van der Waals surface area contributed by atoms with Gasteiger partial charge >= 0.3 is 0 Å². The molecule has 88 valence electrons. The topological polar surface area (TPSA) is 25.4 Å². The van der Waals surface area contributed by atoms with Gasteiger partial charge in [-0.3, -0.25) is 0 Å². The lowest BCUT2D eigenvalue weighted by atomic mass is 10.1. The molecule has 4 heteroatoms. The molecule has 1 atom stereocenters. The van der Waals surface area contributed by atoms with Gasteiger partial charge in [0.1, 0.15) is 5.82 Å². The van der Waals surface area contributed by atoms with E-state index in [-0.39, 0.29) is 0 Å². The fourth-order valence-electron chi connectivity index (χ4n) is 2.22. The van der Waals surface area contributed by atoms with E-state index in [1.807, 2.05) is 12.3 Å². The molecule has 1 fully saturated rings. The van der Waals surface area contributed by atoms with Crippen LogP contribution in [0.15, 0.2) is 18.3 Å². The molecule has 0 amide bonds. The normalized spacial score (nSPS) is 20.4. The Morgan fingerprint density at radius 1 is 1.62 bits per heavy atom. The molecule has 0 bridgehead atoms. The van der Waals surface area contributed by atoms with Gasteiger partial charge < -0.3 is 9.64 Å². The molecule has 2 heterocycles. The third-order valence-corrected chi connectivity index (χ3v) is 3.60. The highest BCUT2D eigenvalue weighted by Gasteiger charge is 2.24. The standard InChI is InChI=1S/C12H17BrN2O/c1-16-9-10-4-6-15(8-10)12-11(7-13)3-2-5-14-12/h2-3,5,10H,4,6-9H2,1H3. The number of pyridine rings is 1. The minimum absolute atomic E-state index is 0.648. The van der Waals surface area contributed by atoms with E-state index < -0.39 is 0 Å². The molecule has 1 saturated heterocycles. The van der Waals surface area contributed by atoms with Gasteiger partial charge in [0.25, 0.3) is 0 Å². The number of methoxy groups -OCH3 is 1. The maximum Gasteiger partial charge on any atom is 0.132 e. The Morgan fingerprint density at radius 2 is 2.50 bits per heavy atom. The van der Waals surface area contributed by atoms with E-state index in [1.165, 1.54) is 12.0 Å². The van der Waals surface area contributed by atoms with Crippen LogP contribution >= 0.6 is 15.9 Å². The van der Waals surface area contributed by atoms with E-state index in [1.54, 1.807) is 7.11 Å². The molecule has 0 radical (unpaired) electrons. The number of hydrogen-bond donors (Lipinski definition) is 0. The molecule has 0 aliphatic carbocycles. The van der Waals surface area contributed by atoms with E-state index in [2.05, 4.69) is 31.9 Å². The molecule has 0 spiro atoms. The Hall–Kier alpha value is -0.610. The molecule has 2 rings (SSSR count). The van der Waals surface area contributed by atoms with Crippen molar-refractivity contribution >= 4 is 21.7 Å². The van der Waals surface area contributed by atoms with Gasteiger partial charge in [0.05, 0.1) is 6.61 Å². The van der Waals surface area contributed by atoms with E-state index in [0.717, 1.165) is 30.8 Å². The summed E-state index contributed by atoms with van der Waals surface area (Å²) < 4.78 is 5.21. The summed E-state index contributed by atoms with van der Waals surface area (Å²) in [6, 6.07) is 4.11. The summed E-state index contributed by atoms with van der Waals surface area (Å²) in [6.45, 7) is 3.00. The second-order valence-corrected chi connectivity index (χ2v) is 4.74. The van der Waals surface area contributed by atoms with Crippen LogP contribution in [0.25, 0.3) is 0 Å². The molecule has 0 saturated carbocycles. The van der Waals surface area contributed by atoms with E-state index in [9.17, 15) is 0 Å². The number of aromatic nitrogens is 1. The Morgan fingerprint density at radius 3 is 3.25 bits per heavy atom. The van der Waals surface area contributed by atoms with Crippen LogP contribution < -0.4 is 4.90 Å². The smallest absolute Gasteiger partial charge is 0.132 e. The lowest BCUT2D eigenvalue weighted by molar-refractivity contribution is 0.161. The predicted octanol–water partition coefficient (Wildman–Crippen LogP) is 2.45. The van der Waals surface area contributed by atoms with Crippen LogP contribution in [0.5, 0.6) is 0 Å². The summed E-state index contributed by atoms with van der Waals surface area (Å²) in [5.74, 6) is 1.77. The summed E-state index contributed by atoms with van der Waals surface area (Å²) in [5, 5.41) is 0.863. The van der Waals surface area contributed by atoms with Crippen LogP contribution in [0.2, 0.25) is 0 Å². The minimum atomic E-state index is 0.648. The number of halogens is 1. The maximum atomic E-state index is 5.21. The van der Waals surface area contributed by atoms with Gasteiger partial charge in [-0.15, -0.1) is 0 Å². The number of nitrogens with zero attached hydrogens (tertiary/aromatic N) is 2. The molecular formula is C12H17BrN2O. The average Bonchev–Trinajstić information content (AvgIpc) is 2.78. The van der Waals surface area contributed by atoms with Gasteiger partial charge in [0, 0.05) is 43.2 Å². The van der Waals surface area contributed by atoms with Crippen molar-refractivity contribution in [1.29, 1.82) is 0 Å². The van der Waals surface area contributed by atoms with E-state index in [0.29, 0.717) is 5.92 Å². The maximum absolute atomic E-state index is 5.21. The van der Waals surface area contributed by atoms with Gasteiger partial charge in [-0.2, -0.15) is 0 Å². The highest BCUT2D eigenvalue weighted by molar-refractivity contribution is 9.08. The van der Waals surface area contributed by atoms with Crippen molar-refractivity contribution in [3.63, 3.8) is 0 Å². The fourth-order valence-corrected chi connectivity index (χ4v) is 2.65. The quantitative estimate of drug-likeness (QED) is 0.795. The first kappa shape index (κ1) is 11.9. The molecular weight excluding hydrogens is 268 g/mol. The van der Waals surface area contributed by atoms with Crippen molar-refractivity contribution in [2.24, 2.45) is 5.92 Å². The predicted molar refractivity (Wildman–Crippen MR) is 69.1 cm³/mol. The zero-order valence-electron chi connectivity index (χ0n) is 9.53. The van der Waals surface area contributed by atoms with Crippen molar-refractivity contribution in [3.8, 4) is 0 Å².